The number of allylic oxidation sites excluding steroid dienone is 4. The van der Waals surface area contributed by atoms with Gasteiger partial charge in [-0.15, -0.1) is 0 Å². The molecule has 0 aromatic carbocycles. The minimum absolute atomic E-state index is 0.0543. The second-order valence-corrected chi connectivity index (χ2v) is 4.85. The van der Waals surface area contributed by atoms with Crippen LogP contribution in [-0.2, 0) is 9.59 Å². The molecule has 0 radical (unpaired) electrons. The molecule has 0 aromatic heterocycles. The highest BCUT2D eigenvalue weighted by atomic mass is 127. The lowest BCUT2D eigenvalue weighted by Crippen LogP contribution is -2.15. The van der Waals surface area contributed by atoms with Gasteiger partial charge in [0, 0.05) is 11.1 Å². The van der Waals surface area contributed by atoms with Crippen LogP contribution >= 0.6 is 22.6 Å². The van der Waals surface area contributed by atoms with Gasteiger partial charge in [-0.1, -0.05) is 34.7 Å². The number of hydrogen-bond donors (Lipinski definition) is 0. The molecule has 0 aromatic rings. The third kappa shape index (κ3) is 2.49. The lowest BCUT2D eigenvalue weighted by Gasteiger charge is -2.11. The Morgan fingerprint density at radius 3 is 2.92 bits per heavy atom. The van der Waals surface area contributed by atoms with Crippen molar-refractivity contribution in [1.82, 2.24) is 0 Å². The predicted octanol–water partition coefficient (Wildman–Crippen LogP) is 2.22. The Hall–Kier alpha value is -0.450. The van der Waals surface area contributed by atoms with Crippen LogP contribution < -0.4 is 0 Å². The van der Waals surface area contributed by atoms with Gasteiger partial charge in [-0.3, -0.25) is 9.59 Å². The molecule has 1 aliphatic rings. The molecule has 1 rings (SSSR count). The number of aldehydes is 1. The van der Waals surface area contributed by atoms with Crippen molar-refractivity contribution < 1.29 is 9.59 Å². The van der Waals surface area contributed by atoms with Crippen LogP contribution in [0.3, 0.4) is 0 Å². The van der Waals surface area contributed by atoms with E-state index in [-0.39, 0.29) is 9.71 Å². The van der Waals surface area contributed by atoms with E-state index < -0.39 is 0 Å². The molecule has 3 heteroatoms. The van der Waals surface area contributed by atoms with Gasteiger partial charge >= 0.3 is 0 Å². The summed E-state index contributed by atoms with van der Waals surface area (Å²) in [6.45, 7) is 1.83. The van der Waals surface area contributed by atoms with Gasteiger partial charge in [0.25, 0.3) is 0 Å². The number of Topliss-reactive ketones (excluding diaryl/α,β-unsaturated/α-hetero) is 1. The van der Waals surface area contributed by atoms with E-state index in [9.17, 15) is 9.59 Å². The van der Waals surface area contributed by atoms with Crippen molar-refractivity contribution in [2.75, 3.05) is 0 Å². The minimum atomic E-state index is -0.0645. The maximum Gasteiger partial charge on any atom is 0.175 e. The Labute approximate surface area is 91.2 Å². The van der Waals surface area contributed by atoms with Crippen molar-refractivity contribution in [1.29, 1.82) is 0 Å². The molecule has 0 saturated carbocycles. The van der Waals surface area contributed by atoms with Gasteiger partial charge in [-0.2, -0.15) is 0 Å². The molecule has 1 unspecified atom stereocenters. The predicted molar refractivity (Wildman–Crippen MR) is 60.0 cm³/mol. The highest BCUT2D eigenvalue weighted by Crippen LogP contribution is 2.20. The summed E-state index contributed by atoms with van der Waals surface area (Å²) in [4.78, 5) is 22.2. The largest absolute Gasteiger partial charge is 0.298 e. The van der Waals surface area contributed by atoms with Crippen molar-refractivity contribution in [3.8, 4) is 0 Å². The zero-order valence-corrected chi connectivity index (χ0v) is 9.58. The number of ketones is 1. The molecule has 2 nitrogen and oxygen atoms in total. The van der Waals surface area contributed by atoms with E-state index in [0.717, 1.165) is 12.7 Å². The SMILES string of the molecule is CC(I)C(=O)C1=C(C=O)CCC=C1. The first-order valence-corrected chi connectivity index (χ1v) is 5.44. The maximum absolute atomic E-state index is 11.6. The molecule has 0 spiro atoms. The van der Waals surface area contributed by atoms with Gasteiger partial charge < -0.3 is 0 Å². The maximum atomic E-state index is 11.6. The van der Waals surface area contributed by atoms with E-state index >= 15 is 0 Å². The van der Waals surface area contributed by atoms with Crippen LogP contribution in [0.2, 0.25) is 0 Å². The van der Waals surface area contributed by atoms with E-state index in [2.05, 4.69) is 22.6 Å². The molecule has 0 amide bonds. The first kappa shape index (κ1) is 10.6. The molecule has 0 bridgehead atoms. The molecular formula is C10H11IO2. The normalized spacial score (nSPS) is 18.6. The smallest absolute Gasteiger partial charge is 0.175 e. The third-order valence-corrected chi connectivity index (χ3v) is 2.55. The van der Waals surface area contributed by atoms with Crippen LogP contribution in [0.25, 0.3) is 0 Å². The minimum Gasteiger partial charge on any atom is -0.298 e. The molecule has 0 saturated heterocycles. The second-order valence-electron chi connectivity index (χ2n) is 2.98. The summed E-state index contributed by atoms with van der Waals surface area (Å²) in [6.07, 6.45) is 6.07. The molecule has 0 heterocycles. The van der Waals surface area contributed by atoms with Gasteiger partial charge in [0.05, 0.1) is 3.92 Å². The fourth-order valence-electron chi connectivity index (χ4n) is 1.26. The van der Waals surface area contributed by atoms with Crippen LogP contribution in [0.1, 0.15) is 19.8 Å². The number of halogens is 1. The van der Waals surface area contributed by atoms with Crippen molar-refractivity contribution in [2.45, 2.75) is 23.7 Å². The molecule has 1 atom stereocenters. The summed E-state index contributed by atoms with van der Waals surface area (Å²) >= 11 is 2.06. The average molecular weight is 290 g/mol. The Balaban J connectivity index is 2.98. The summed E-state index contributed by atoms with van der Waals surface area (Å²) in [5.41, 5.74) is 1.25. The summed E-state index contributed by atoms with van der Waals surface area (Å²) in [5.74, 6) is 0.0543. The highest BCUT2D eigenvalue weighted by molar-refractivity contribution is 14.1. The molecule has 0 aliphatic heterocycles. The van der Waals surface area contributed by atoms with Gasteiger partial charge in [0.1, 0.15) is 6.29 Å². The van der Waals surface area contributed by atoms with Crippen LogP contribution in [-0.4, -0.2) is 16.0 Å². The Morgan fingerprint density at radius 2 is 2.38 bits per heavy atom. The van der Waals surface area contributed by atoms with Gasteiger partial charge in [0.15, 0.2) is 5.78 Å². The summed E-state index contributed by atoms with van der Waals surface area (Å²) in [7, 11) is 0. The molecule has 0 N–H and O–H groups in total. The van der Waals surface area contributed by atoms with E-state index in [0.29, 0.717) is 17.6 Å². The summed E-state index contributed by atoms with van der Waals surface area (Å²) in [6, 6.07) is 0. The number of rotatable bonds is 3. The van der Waals surface area contributed by atoms with Crippen LogP contribution in [0.15, 0.2) is 23.3 Å². The Morgan fingerprint density at radius 1 is 1.69 bits per heavy atom. The van der Waals surface area contributed by atoms with Crippen LogP contribution in [0.5, 0.6) is 0 Å². The Bertz CT molecular complexity index is 287. The van der Waals surface area contributed by atoms with E-state index in [1.165, 1.54) is 0 Å². The first-order valence-electron chi connectivity index (χ1n) is 4.20. The lowest BCUT2D eigenvalue weighted by atomic mass is 9.95. The first-order chi connectivity index (χ1) is 6.16. The van der Waals surface area contributed by atoms with E-state index in [1.54, 1.807) is 6.08 Å². The van der Waals surface area contributed by atoms with Crippen LogP contribution in [0, 0.1) is 0 Å². The Kier molecular flexibility index (Phi) is 3.84. The molecule has 0 fully saturated rings. The topological polar surface area (TPSA) is 34.1 Å². The van der Waals surface area contributed by atoms with Crippen molar-refractivity contribution in [2.24, 2.45) is 0 Å². The molecule has 13 heavy (non-hydrogen) atoms. The molecule has 1 aliphatic carbocycles. The quantitative estimate of drug-likeness (QED) is 0.454. The standard InChI is InChI=1S/C10H11IO2/c1-7(11)10(13)9-5-3-2-4-8(9)6-12/h3,5-7H,2,4H2,1H3. The zero-order chi connectivity index (χ0) is 9.84. The van der Waals surface area contributed by atoms with Crippen LogP contribution in [0.4, 0.5) is 0 Å². The number of carbonyl (C=O) groups excluding carboxylic acids is 2. The van der Waals surface area contributed by atoms with Crippen molar-refractivity contribution >= 4 is 34.7 Å². The van der Waals surface area contributed by atoms with Crippen molar-refractivity contribution in [3.05, 3.63) is 23.3 Å². The average Bonchev–Trinajstić information content (AvgIpc) is 2.16. The number of hydrogen-bond acceptors (Lipinski definition) is 2. The summed E-state index contributed by atoms with van der Waals surface area (Å²) in [5, 5.41) is 0. The van der Waals surface area contributed by atoms with Crippen molar-refractivity contribution in [3.63, 3.8) is 0 Å². The highest BCUT2D eigenvalue weighted by Gasteiger charge is 2.18. The summed E-state index contributed by atoms with van der Waals surface area (Å²) < 4.78 is -0.0645. The fourth-order valence-corrected chi connectivity index (χ4v) is 1.59. The molecular weight excluding hydrogens is 279 g/mol. The third-order valence-electron chi connectivity index (χ3n) is 1.98. The van der Waals surface area contributed by atoms with E-state index in [4.69, 9.17) is 0 Å². The van der Waals surface area contributed by atoms with Gasteiger partial charge in [0.2, 0.25) is 0 Å². The number of alkyl halides is 1. The lowest BCUT2D eigenvalue weighted by molar-refractivity contribution is -0.114. The van der Waals surface area contributed by atoms with Gasteiger partial charge in [-0.25, -0.2) is 0 Å². The fraction of sp³-hybridized carbons (Fsp3) is 0.400. The zero-order valence-electron chi connectivity index (χ0n) is 7.42. The second kappa shape index (κ2) is 4.69. The monoisotopic (exact) mass is 290 g/mol. The molecule has 70 valence electrons. The van der Waals surface area contributed by atoms with E-state index in [1.807, 2.05) is 13.0 Å². The number of carbonyl (C=O) groups is 2. The van der Waals surface area contributed by atoms with Gasteiger partial charge in [-0.05, 0) is 19.8 Å².